The molecule has 1 aromatic heterocycles. The SMILES string of the molecule is NC(=O)c1ncccc1NC(=O)NCc1ccc(O)cc1. The molecule has 2 rings (SSSR count). The number of aromatic nitrogens is 1. The van der Waals surface area contributed by atoms with E-state index in [1.165, 1.54) is 24.4 Å². The van der Waals surface area contributed by atoms with E-state index in [4.69, 9.17) is 10.8 Å². The zero-order valence-electron chi connectivity index (χ0n) is 11.0. The number of hydrogen-bond acceptors (Lipinski definition) is 4. The van der Waals surface area contributed by atoms with E-state index in [2.05, 4.69) is 15.6 Å². The molecule has 0 atom stereocenters. The molecule has 2 aromatic rings. The van der Waals surface area contributed by atoms with Gasteiger partial charge < -0.3 is 21.5 Å². The zero-order chi connectivity index (χ0) is 15.2. The minimum absolute atomic E-state index is 0.00252. The molecule has 3 amide bonds. The van der Waals surface area contributed by atoms with Crippen LogP contribution in [0.15, 0.2) is 42.6 Å². The van der Waals surface area contributed by atoms with Crippen LogP contribution in [-0.2, 0) is 6.54 Å². The number of primary amides is 1. The van der Waals surface area contributed by atoms with Crippen LogP contribution in [0.2, 0.25) is 0 Å². The van der Waals surface area contributed by atoms with Gasteiger partial charge in [0.1, 0.15) is 5.75 Å². The number of anilines is 1. The third kappa shape index (κ3) is 3.93. The number of aromatic hydroxyl groups is 1. The molecule has 7 heteroatoms. The van der Waals surface area contributed by atoms with Crippen molar-refractivity contribution in [3.63, 3.8) is 0 Å². The normalized spacial score (nSPS) is 9.90. The summed E-state index contributed by atoms with van der Waals surface area (Å²) in [4.78, 5) is 26.8. The van der Waals surface area contributed by atoms with Gasteiger partial charge in [-0.05, 0) is 29.8 Å². The van der Waals surface area contributed by atoms with Gasteiger partial charge in [-0.25, -0.2) is 9.78 Å². The highest BCUT2D eigenvalue weighted by Gasteiger charge is 2.11. The van der Waals surface area contributed by atoms with Crippen LogP contribution in [-0.4, -0.2) is 22.0 Å². The van der Waals surface area contributed by atoms with Gasteiger partial charge in [-0.1, -0.05) is 12.1 Å². The highest BCUT2D eigenvalue weighted by Crippen LogP contribution is 2.12. The van der Waals surface area contributed by atoms with Crippen molar-refractivity contribution in [1.82, 2.24) is 10.3 Å². The number of nitrogens with one attached hydrogen (secondary N) is 2. The molecule has 21 heavy (non-hydrogen) atoms. The molecular formula is C14H14N4O3. The lowest BCUT2D eigenvalue weighted by atomic mass is 10.2. The zero-order valence-corrected chi connectivity index (χ0v) is 11.0. The van der Waals surface area contributed by atoms with Crippen molar-refractivity contribution in [2.75, 3.05) is 5.32 Å². The molecule has 1 aromatic carbocycles. The lowest BCUT2D eigenvalue weighted by Crippen LogP contribution is -2.29. The van der Waals surface area contributed by atoms with Crippen LogP contribution in [0.3, 0.4) is 0 Å². The fourth-order valence-electron chi connectivity index (χ4n) is 1.67. The van der Waals surface area contributed by atoms with Crippen molar-refractivity contribution in [1.29, 1.82) is 0 Å². The second-order valence-electron chi connectivity index (χ2n) is 4.24. The number of hydrogen-bond donors (Lipinski definition) is 4. The monoisotopic (exact) mass is 286 g/mol. The second-order valence-corrected chi connectivity index (χ2v) is 4.24. The highest BCUT2D eigenvalue weighted by atomic mass is 16.3. The Labute approximate surface area is 120 Å². The number of phenolic OH excluding ortho intramolecular Hbond substituents is 1. The van der Waals surface area contributed by atoms with Crippen LogP contribution < -0.4 is 16.4 Å². The number of carbonyl (C=O) groups excluding carboxylic acids is 2. The number of phenols is 1. The van der Waals surface area contributed by atoms with Crippen molar-refractivity contribution in [2.45, 2.75) is 6.54 Å². The van der Waals surface area contributed by atoms with Gasteiger partial charge in [-0.2, -0.15) is 0 Å². The van der Waals surface area contributed by atoms with Gasteiger partial charge in [-0.15, -0.1) is 0 Å². The van der Waals surface area contributed by atoms with Crippen molar-refractivity contribution < 1.29 is 14.7 Å². The molecule has 0 radical (unpaired) electrons. The van der Waals surface area contributed by atoms with Crippen LogP contribution in [0.5, 0.6) is 5.75 Å². The maximum atomic E-state index is 11.8. The summed E-state index contributed by atoms with van der Waals surface area (Å²) in [7, 11) is 0. The fraction of sp³-hybridized carbons (Fsp3) is 0.0714. The Bertz CT molecular complexity index is 656. The van der Waals surface area contributed by atoms with Gasteiger partial charge in [0.25, 0.3) is 5.91 Å². The summed E-state index contributed by atoms with van der Waals surface area (Å²) < 4.78 is 0. The molecule has 0 saturated carbocycles. The van der Waals surface area contributed by atoms with Crippen LogP contribution in [0.25, 0.3) is 0 Å². The molecule has 0 fully saturated rings. The van der Waals surface area contributed by atoms with Crippen LogP contribution in [0, 0.1) is 0 Å². The largest absolute Gasteiger partial charge is 0.508 e. The summed E-state index contributed by atoms with van der Waals surface area (Å²) in [6, 6.07) is 9.07. The summed E-state index contributed by atoms with van der Waals surface area (Å²) in [5, 5.41) is 14.3. The molecule has 5 N–H and O–H groups in total. The van der Waals surface area contributed by atoms with Crippen molar-refractivity contribution in [3.8, 4) is 5.75 Å². The summed E-state index contributed by atoms with van der Waals surface area (Å²) in [5.41, 5.74) is 6.24. The molecule has 7 nitrogen and oxygen atoms in total. The molecule has 108 valence electrons. The molecular weight excluding hydrogens is 272 g/mol. The minimum atomic E-state index is -0.718. The number of carbonyl (C=O) groups is 2. The Kier molecular flexibility index (Phi) is 4.35. The van der Waals surface area contributed by atoms with Gasteiger partial charge >= 0.3 is 6.03 Å². The first-order valence-electron chi connectivity index (χ1n) is 6.14. The molecule has 0 unspecified atom stereocenters. The second kappa shape index (κ2) is 6.38. The number of urea groups is 1. The van der Waals surface area contributed by atoms with Crippen LogP contribution >= 0.6 is 0 Å². The van der Waals surface area contributed by atoms with Crippen LogP contribution in [0.4, 0.5) is 10.5 Å². The summed E-state index contributed by atoms with van der Waals surface area (Å²) in [6.07, 6.45) is 1.42. The number of benzene rings is 1. The molecule has 1 heterocycles. The Hall–Kier alpha value is -3.09. The number of rotatable bonds is 4. The van der Waals surface area contributed by atoms with E-state index in [0.29, 0.717) is 0 Å². The number of pyridine rings is 1. The van der Waals surface area contributed by atoms with Gasteiger partial charge in [0, 0.05) is 12.7 Å². The smallest absolute Gasteiger partial charge is 0.319 e. The summed E-state index contributed by atoms with van der Waals surface area (Å²) in [6.45, 7) is 0.276. The van der Waals surface area contributed by atoms with E-state index in [0.717, 1.165) is 5.56 Å². The van der Waals surface area contributed by atoms with Crippen molar-refractivity contribution >= 4 is 17.6 Å². The Balaban J connectivity index is 1.96. The average Bonchev–Trinajstić information content (AvgIpc) is 2.47. The maximum Gasteiger partial charge on any atom is 0.319 e. The Morgan fingerprint density at radius 1 is 1.19 bits per heavy atom. The minimum Gasteiger partial charge on any atom is -0.508 e. The predicted octanol–water partition coefficient (Wildman–Crippen LogP) is 1.21. The predicted molar refractivity (Wildman–Crippen MR) is 76.7 cm³/mol. The standard InChI is InChI=1S/C14H14N4O3/c15-13(20)12-11(2-1-7-16-12)18-14(21)17-8-9-3-5-10(19)6-4-9/h1-7,19H,8H2,(H2,15,20)(H2,17,18,21). The van der Waals surface area contributed by atoms with E-state index < -0.39 is 11.9 Å². The van der Waals surface area contributed by atoms with Gasteiger partial charge in [0.15, 0.2) is 5.69 Å². The number of nitrogens with zero attached hydrogens (tertiary/aromatic N) is 1. The molecule has 0 aliphatic heterocycles. The maximum absolute atomic E-state index is 11.8. The number of nitrogens with two attached hydrogens (primary N) is 1. The number of amides is 3. The van der Waals surface area contributed by atoms with Crippen LogP contribution in [0.1, 0.15) is 16.1 Å². The van der Waals surface area contributed by atoms with Gasteiger partial charge in [0.2, 0.25) is 0 Å². The highest BCUT2D eigenvalue weighted by molar-refractivity contribution is 6.00. The quantitative estimate of drug-likeness (QED) is 0.675. The molecule has 0 saturated heterocycles. The van der Waals surface area contributed by atoms with E-state index in [1.807, 2.05) is 0 Å². The first kappa shape index (κ1) is 14.3. The Morgan fingerprint density at radius 2 is 1.90 bits per heavy atom. The topological polar surface area (TPSA) is 117 Å². The van der Waals surface area contributed by atoms with Gasteiger partial charge in [0.05, 0.1) is 5.69 Å². The molecule has 0 bridgehead atoms. The van der Waals surface area contributed by atoms with E-state index in [1.54, 1.807) is 18.2 Å². The molecule has 0 aliphatic rings. The Morgan fingerprint density at radius 3 is 2.57 bits per heavy atom. The van der Waals surface area contributed by atoms with E-state index >= 15 is 0 Å². The molecule has 0 spiro atoms. The van der Waals surface area contributed by atoms with E-state index in [-0.39, 0.29) is 23.7 Å². The average molecular weight is 286 g/mol. The van der Waals surface area contributed by atoms with Gasteiger partial charge in [-0.3, -0.25) is 4.79 Å². The van der Waals surface area contributed by atoms with Crippen molar-refractivity contribution in [3.05, 3.63) is 53.9 Å². The third-order valence-electron chi connectivity index (χ3n) is 2.68. The first-order chi connectivity index (χ1) is 10.1. The summed E-state index contributed by atoms with van der Waals surface area (Å²) in [5.74, 6) is -0.561. The van der Waals surface area contributed by atoms with Crippen molar-refractivity contribution in [2.24, 2.45) is 5.73 Å². The summed E-state index contributed by atoms with van der Waals surface area (Å²) >= 11 is 0. The van der Waals surface area contributed by atoms with E-state index in [9.17, 15) is 9.59 Å². The first-order valence-corrected chi connectivity index (χ1v) is 6.14. The third-order valence-corrected chi connectivity index (χ3v) is 2.68. The lowest BCUT2D eigenvalue weighted by molar-refractivity contribution is 0.0996. The fourth-order valence-corrected chi connectivity index (χ4v) is 1.67. The lowest BCUT2D eigenvalue weighted by Gasteiger charge is -2.09. The molecule has 0 aliphatic carbocycles.